The van der Waals surface area contributed by atoms with E-state index in [0.29, 0.717) is 13.0 Å². The highest BCUT2D eigenvalue weighted by atomic mass is 16.5. The Hall–Kier alpha value is -2.33. The van der Waals surface area contributed by atoms with Crippen molar-refractivity contribution in [3.63, 3.8) is 0 Å². The van der Waals surface area contributed by atoms with Crippen LogP contribution in [0, 0.1) is 6.92 Å². The van der Waals surface area contributed by atoms with E-state index in [9.17, 15) is 5.11 Å². The summed E-state index contributed by atoms with van der Waals surface area (Å²) in [5, 5.41) is 10.3. The molecule has 1 heterocycles. The third-order valence-electron chi connectivity index (χ3n) is 4.25. The summed E-state index contributed by atoms with van der Waals surface area (Å²) in [4.78, 5) is 4.61. The number of aliphatic hydroxyl groups is 1. The molecule has 3 aromatic rings. The quantitative estimate of drug-likeness (QED) is 0.661. The van der Waals surface area contributed by atoms with E-state index in [0.717, 1.165) is 41.1 Å². The van der Waals surface area contributed by atoms with E-state index in [-0.39, 0.29) is 0 Å². The maximum atomic E-state index is 10.3. The standard InChI is InChI=1S/C20H24N2O2/c1-3-18(23)20-21-16-10-5-6-11-17(16)22(20)13-8-14-24-19-12-7-4-9-15(19)2/h4-7,9-12,18,23H,3,8,13-14H2,1-2H3. The Morgan fingerprint density at radius 2 is 1.88 bits per heavy atom. The third kappa shape index (κ3) is 3.44. The fourth-order valence-electron chi connectivity index (χ4n) is 2.89. The summed E-state index contributed by atoms with van der Waals surface area (Å²) >= 11 is 0. The second-order valence-electron chi connectivity index (χ2n) is 6.00. The summed E-state index contributed by atoms with van der Waals surface area (Å²) in [6, 6.07) is 16.1. The molecule has 2 aromatic carbocycles. The molecule has 0 aliphatic heterocycles. The molecule has 24 heavy (non-hydrogen) atoms. The number of aromatic nitrogens is 2. The monoisotopic (exact) mass is 324 g/mol. The normalized spacial score (nSPS) is 12.5. The van der Waals surface area contributed by atoms with Crippen molar-refractivity contribution in [2.24, 2.45) is 0 Å². The number of para-hydroxylation sites is 3. The highest BCUT2D eigenvalue weighted by Crippen LogP contribution is 2.23. The molecule has 0 amide bonds. The van der Waals surface area contributed by atoms with Gasteiger partial charge in [-0.2, -0.15) is 0 Å². The zero-order valence-electron chi connectivity index (χ0n) is 14.3. The van der Waals surface area contributed by atoms with Gasteiger partial charge in [0.15, 0.2) is 0 Å². The molecule has 3 rings (SSSR count). The molecule has 0 aliphatic rings. The van der Waals surface area contributed by atoms with Crippen LogP contribution in [0.1, 0.15) is 37.3 Å². The van der Waals surface area contributed by atoms with Crippen molar-refractivity contribution in [3.8, 4) is 5.75 Å². The van der Waals surface area contributed by atoms with Crippen molar-refractivity contribution in [2.75, 3.05) is 6.61 Å². The molecule has 0 aliphatic carbocycles. The summed E-state index contributed by atoms with van der Waals surface area (Å²) in [6.45, 7) is 5.43. The lowest BCUT2D eigenvalue weighted by Gasteiger charge is -2.13. The lowest BCUT2D eigenvalue weighted by molar-refractivity contribution is 0.158. The van der Waals surface area contributed by atoms with Gasteiger partial charge in [0.2, 0.25) is 0 Å². The number of aryl methyl sites for hydroxylation is 2. The lowest BCUT2D eigenvalue weighted by atomic mass is 10.2. The number of rotatable bonds is 7. The molecule has 0 saturated heterocycles. The van der Waals surface area contributed by atoms with Crippen molar-refractivity contribution < 1.29 is 9.84 Å². The van der Waals surface area contributed by atoms with Gasteiger partial charge in [0.1, 0.15) is 17.7 Å². The van der Waals surface area contributed by atoms with Gasteiger partial charge in [-0.05, 0) is 43.5 Å². The maximum absolute atomic E-state index is 10.3. The summed E-state index contributed by atoms with van der Waals surface area (Å²) in [5.41, 5.74) is 3.14. The molecule has 1 atom stereocenters. The van der Waals surface area contributed by atoms with Gasteiger partial charge in [0.25, 0.3) is 0 Å². The van der Waals surface area contributed by atoms with Crippen LogP contribution in [0.15, 0.2) is 48.5 Å². The summed E-state index contributed by atoms with van der Waals surface area (Å²) < 4.78 is 7.99. The van der Waals surface area contributed by atoms with E-state index < -0.39 is 6.10 Å². The van der Waals surface area contributed by atoms with Crippen LogP contribution in [-0.2, 0) is 6.54 Å². The van der Waals surface area contributed by atoms with Crippen LogP contribution in [0.2, 0.25) is 0 Å². The van der Waals surface area contributed by atoms with Crippen LogP contribution >= 0.6 is 0 Å². The van der Waals surface area contributed by atoms with Crippen LogP contribution in [0.5, 0.6) is 5.75 Å². The van der Waals surface area contributed by atoms with Crippen molar-refractivity contribution in [1.29, 1.82) is 0 Å². The zero-order valence-corrected chi connectivity index (χ0v) is 14.3. The van der Waals surface area contributed by atoms with Crippen molar-refractivity contribution >= 4 is 11.0 Å². The largest absolute Gasteiger partial charge is 0.493 e. The van der Waals surface area contributed by atoms with Crippen molar-refractivity contribution in [1.82, 2.24) is 9.55 Å². The molecule has 1 unspecified atom stereocenters. The van der Waals surface area contributed by atoms with Crippen LogP contribution in [0.4, 0.5) is 0 Å². The van der Waals surface area contributed by atoms with Gasteiger partial charge in [-0.15, -0.1) is 0 Å². The van der Waals surface area contributed by atoms with Gasteiger partial charge in [-0.3, -0.25) is 0 Å². The first-order chi connectivity index (χ1) is 11.7. The molecule has 0 bridgehead atoms. The van der Waals surface area contributed by atoms with E-state index in [4.69, 9.17) is 4.74 Å². The number of hydrogen-bond donors (Lipinski definition) is 1. The van der Waals surface area contributed by atoms with Crippen LogP contribution in [-0.4, -0.2) is 21.3 Å². The minimum absolute atomic E-state index is 0.533. The van der Waals surface area contributed by atoms with Gasteiger partial charge >= 0.3 is 0 Å². The highest BCUT2D eigenvalue weighted by Gasteiger charge is 2.16. The average Bonchev–Trinajstić information content (AvgIpc) is 2.98. The number of imidazole rings is 1. The molecule has 1 aromatic heterocycles. The predicted molar refractivity (Wildman–Crippen MR) is 96.3 cm³/mol. The molecule has 0 fully saturated rings. The van der Waals surface area contributed by atoms with E-state index in [1.54, 1.807) is 0 Å². The molecule has 4 nitrogen and oxygen atoms in total. The van der Waals surface area contributed by atoms with Crippen LogP contribution < -0.4 is 4.74 Å². The molecule has 0 saturated carbocycles. The fourth-order valence-corrected chi connectivity index (χ4v) is 2.89. The Kier molecular flexibility index (Phi) is 5.16. The second-order valence-corrected chi connectivity index (χ2v) is 6.00. The summed E-state index contributed by atoms with van der Waals surface area (Å²) in [6.07, 6.45) is 0.982. The minimum atomic E-state index is -0.533. The van der Waals surface area contributed by atoms with Gasteiger partial charge in [0, 0.05) is 6.54 Å². The fraction of sp³-hybridized carbons (Fsp3) is 0.350. The molecule has 0 spiro atoms. The van der Waals surface area contributed by atoms with Crippen LogP contribution in [0.25, 0.3) is 11.0 Å². The molecular weight excluding hydrogens is 300 g/mol. The topological polar surface area (TPSA) is 47.3 Å². The minimum Gasteiger partial charge on any atom is -0.493 e. The Bertz CT molecular complexity index is 810. The van der Waals surface area contributed by atoms with Crippen molar-refractivity contribution in [3.05, 3.63) is 59.9 Å². The number of nitrogens with zero attached hydrogens (tertiary/aromatic N) is 2. The molecule has 126 valence electrons. The predicted octanol–water partition coefficient (Wildman–Crippen LogP) is 4.26. The van der Waals surface area contributed by atoms with Gasteiger partial charge in [-0.25, -0.2) is 4.98 Å². The molecule has 4 heteroatoms. The second kappa shape index (κ2) is 7.49. The number of hydrogen-bond acceptors (Lipinski definition) is 3. The Morgan fingerprint density at radius 3 is 2.67 bits per heavy atom. The summed E-state index contributed by atoms with van der Waals surface area (Å²) in [5.74, 6) is 1.68. The third-order valence-corrected chi connectivity index (χ3v) is 4.25. The van der Waals surface area contributed by atoms with Crippen LogP contribution in [0.3, 0.4) is 0 Å². The van der Waals surface area contributed by atoms with Gasteiger partial charge in [-0.1, -0.05) is 37.3 Å². The zero-order chi connectivity index (χ0) is 16.9. The average molecular weight is 324 g/mol. The number of fused-ring (bicyclic) bond motifs is 1. The van der Waals surface area contributed by atoms with Crippen molar-refractivity contribution in [2.45, 2.75) is 39.3 Å². The number of aliphatic hydroxyl groups excluding tert-OH is 1. The molecule has 1 N–H and O–H groups in total. The lowest BCUT2D eigenvalue weighted by Crippen LogP contribution is -2.11. The first kappa shape index (κ1) is 16.5. The number of ether oxygens (including phenoxy) is 1. The van der Waals surface area contributed by atoms with E-state index in [2.05, 4.69) is 28.6 Å². The maximum Gasteiger partial charge on any atom is 0.138 e. The Balaban J connectivity index is 1.71. The Morgan fingerprint density at radius 1 is 1.12 bits per heavy atom. The summed E-state index contributed by atoms with van der Waals surface area (Å²) in [7, 11) is 0. The molecule has 0 radical (unpaired) electrons. The van der Waals surface area contributed by atoms with E-state index in [1.165, 1.54) is 0 Å². The highest BCUT2D eigenvalue weighted by molar-refractivity contribution is 5.76. The molecular formula is C20H24N2O2. The Labute approximate surface area is 142 Å². The van der Waals surface area contributed by atoms with E-state index >= 15 is 0 Å². The first-order valence-corrected chi connectivity index (χ1v) is 8.52. The van der Waals surface area contributed by atoms with Gasteiger partial charge in [0.05, 0.1) is 17.6 Å². The smallest absolute Gasteiger partial charge is 0.138 e. The number of benzene rings is 2. The first-order valence-electron chi connectivity index (χ1n) is 8.52. The van der Waals surface area contributed by atoms with E-state index in [1.807, 2.05) is 43.3 Å². The SMILES string of the molecule is CCC(O)c1nc2ccccc2n1CCCOc1ccccc1C. The van der Waals surface area contributed by atoms with Gasteiger partial charge < -0.3 is 14.4 Å².